The number of rotatable bonds is 20. The number of carbonyl (C=O) groups is 1. The summed E-state index contributed by atoms with van der Waals surface area (Å²) in [4.78, 5) is 11.7. The van der Waals surface area contributed by atoms with Crippen LogP contribution in [-0.2, 0) is 4.79 Å². The van der Waals surface area contributed by atoms with Crippen LogP contribution in [0.25, 0.3) is 0 Å². The van der Waals surface area contributed by atoms with Crippen molar-refractivity contribution >= 4 is 5.78 Å². The number of unbranched alkanes of at least 4 members (excludes halogenated alkanes) is 9. The third-order valence-electron chi connectivity index (χ3n) is 6.19. The summed E-state index contributed by atoms with van der Waals surface area (Å²) in [7, 11) is 0. The molecule has 29 heavy (non-hydrogen) atoms. The number of aliphatic hydroxyl groups is 1. The summed E-state index contributed by atoms with van der Waals surface area (Å²) >= 11 is 0. The van der Waals surface area contributed by atoms with Crippen LogP contribution < -0.4 is 0 Å². The van der Waals surface area contributed by atoms with Crippen LogP contribution in [0.1, 0.15) is 137 Å². The second-order valence-electron chi connectivity index (χ2n) is 9.50. The molecule has 0 fully saturated rings. The highest BCUT2D eigenvalue weighted by Gasteiger charge is 2.10. The van der Waals surface area contributed by atoms with Gasteiger partial charge in [-0.1, -0.05) is 111 Å². The number of aliphatic hydroxyl groups excluding tert-OH is 1. The first kappa shape index (κ1) is 28.4. The average molecular weight is 409 g/mol. The van der Waals surface area contributed by atoms with E-state index in [1.807, 2.05) is 13.8 Å². The maximum absolute atomic E-state index is 11.7. The van der Waals surface area contributed by atoms with Crippen LogP contribution in [-0.4, -0.2) is 17.0 Å². The Hall–Kier alpha value is -0.630. The molecule has 0 spiro atoms. The van der Waals surface area contributed by atoms with E-state index in [0.717, 1.165) is 31.3 Å². The lowest BCUT2D eigenvalue weighted by Gasteiger charge is -2.16. The Bertz CT molecular complexity index is 413. The van der Waals surface area contributed by atoms with E-state index >= 15 is 0 Å². The molecule has 3 unspecified atom stereocenters. The van der Waals surface area contributed by atoms with Crippen LogP contribution in [0.15, 0.2) is 11.6 Å². The van der Waals surface area contributed by atoms with Crippen molar-refractivity contribution in [1.82, 2.24) is 0 Å². The van der Waals surface area contributed by atoms with Crippen LogP contribution in [0, 0.1) is 11.8 Å². The Labute approximate surface area is 182 Å². The van der Waals surface area contributed by atoms with Gasteiger partial charge < -0.3 is 5.11 Å². The fourth-order valence-corrected chi connectivity index (χ4v) is 4.33. The van der Waals surface area contributed by atoms with Crippen LogP contribution in [0.3, 0.4) is 0 Å². The molecular weight excluding hydrogens is 356 g/mol. The number of allylic oxidation sites excluding steroid dienone is 2. The van der Waals surface area contributed by atoms with E-state index in [1.54, 1.807) is 0 Å². The van der Waals surface area contributed by atoms with E-state index in [4.69, 9.17) is 0 Å². The summed E-state index contributed by atoms with van der Waals surface area (Å²) in [5.74, 6) is 1.42. The molecule has 2 nitrogen and oxygen atoms in total. The van der Waals surface area contributed by atoms with Gasteiger partial charge in [-0.2, -0.15) is 0 Å². The zero-order valence-corrected chi connectivity index (χ0v) is 20.5. The maximum atomic E-state index is 11.7. The fraction of sp³-hybridized carbons (Fsp3) is 0.889. The van der Waals surface area contributed by atoms with Crippen molar-refractivity contribution < 1.29 is 9.90 Å². The summed E-state index contributed by atoms with van der Waals surface area (Å²) in [6.07, 6.45) is 21.4. The van der Waals surface area contributed by atoms with E-state index < -0.39 is 0 Å². The Morgan fingerprint density at radius 2 is 1.28 bits per heavy atom. The minimum atomic E-state index is -0.0978. The largest absolute Gasteiger partial charge is 0.393 e. The quantitative estimate of drug-likeness (QED) is 0.162. The van der Waals surface area contributed by atoms with Gasteiger partial charge in [-0.25, -0.2) is 0 Å². The van der Waals surface area contributed by atoms with Gasteiger partial charge in [-0.3, -0.25) is 4.79 Å². The first-order chi connectivity index (χ1) is 13.9. The standard InChI is InChI=1S/C27H52O2/c1-6-8-9-10-11-12-13-14-15-19-26(28)20-17-16-18-23(3)21-24(4)22-25(5)27(29)7-2/h22-24,26,28H,6-21H2,1-5H3/b25-22+. The summed E-state index contributed by atoms with van der Waals surface area (Å²) < 4.78 is 0. The minimum Gasteiger partial charge on any atom is -0.393 e. The predicted octanol–water partition coefficient (Wildman–Crippen LogP) is 8.42. The monoisotopic (exact) mass is 408 g/mol. The maximum Gasteiger partial charge on any atom is 0.157 e. The molecule has 0 bridgehead atoms. The molecule has 3 atom stereocenters. The molecule has 0 aromatic heterocycles. The van der Waals surface area contributed by atoms with Crippen LogP contribution in [0.2, 0.25) is 0 Å². The van der Waals surface area contributed by atoms with E-state index in [2.05, 4.69) is 26.8 Å². The number of hydrogen-bond donors (Lipinski definition) is 1. The number of hydrogen-bond acceptors (Lipinski definition) is 2. The van der Waals surface area contributed by atoms with Crippen molar-refractivity contribution in [3.8, 4) is 0 Å². The molecule has 0 aliphatic rings. The van der Waals surface area contributed by atoms with Crippen molar-refractivity contribution in [2.75, 3.05) is 0 Å². The van der Waals surface area contributed by atoms with Crippen molar-refractivity contribution in [3.05, 3.63) is 11.6 Å². The third kappa shape index (κ3) is 17.9. The fourth-order valence-electron chi connectivity index (χ4n) is 4.33. The van der Waals surface area contributed by atoms with Crippen molar-refractivity contribution in [2.45, 2.75) is 143 Å². The molecule has 0 radical (unpaired) electrons. The zero-order valence-electron chi connectivity index (χ0n) is 20.5. The summed E-state index contributed by atoms with van der Waals surface area (Å²) in [5, 5.41) is 10.2. The first-order valence-corrected chi connectivity index (χ1v) is 12.8. The Kier molecular flexibility index (Phi) is 18.9. The van der Waals surface area contributed by atoms with Gasteiger partial charge in [0.15, 0.2) is 5.78 Å². The Morgan fingerprint density at radius 3 is 1.83 bits per heavy atom. The van der Waals surface area contributed by atoms with Crippen molar-refractivity contribution in [1.29, 1.82) is 0 Å². The highest BCUT2D eigenvalue weighted by molar-refractivity contribution is 5.94. The SMILES string of the molecule is CCCCCCCCCCCC(O)CCCCC(C)CC(C)/C=C(\C)C(=O)CC. The number of carbonyl (C=O) groups excluding carboxylic acids is 1. The van der Waals surface area contributed by atoms with E-state index in [1.165, 1.54) is 70.6 Å². The van der Waals surface area contributed by atoms with E-state index in [-0.39, 0.29) is 11.9 Å². The first-order valence-electron chi connectivity index (χ1n) is 12.8. The van der Waals surface area contributed by atoms with Crippen LogP contribution in [0.4, 0.5) is 0 Å². The molecule has 0 heterocycles. The number of ketones is 1. The molecule has 0 aliphatic carbocycles. The molecule has 172 valence electrons. The molecule has 0 amide bonds. The molecule has 0 rings (SSSR count). The molecule has 0 aliphatic heterocycles. The van der Waals surface area contributed by atoms with Crippen molar-refractivity contribution in [2.24, 2.45) is 11.8 Å². The van der Waals surface area contributed by atoms with E-state index in [9.17, 15) is 9.90 Å². The summed E-state index contributed by atoms with van der Waals surface area (Å²) in [6.45, 7) is 10.7. The van der Waals surface area contributed by atoms with Gasteiger partial charge in [0.05, 0.1) is 6.10 Å². The zero-order chi connectivity index (χ0) is 21.9. The predicted molar refractivity (Wildman–Crippen MR) is 128 cm³/mol. The number of Topliss-reactive ketones (excluding diaryl/α,β-unsaturated/α-hetero) is 1. The van der Waals surface area contributed by atoms with Gasteiger partial charge in [0, 0.05) is 6.42 Å². The topological polar surface area (TPSA) is 37.3 Å². The molecule has 0 aromatic carbocycles. The molecular formula is C27H52O2. The second-order valence-corrected chi connectivity index (χ2v) is 9.50. The lowest BCUT2D eigenvalue weighted by atomic mass is 9.90. The van der Waals surface area contributed by atoms with Crippen LogP contribution in [0.5, 0.6) is 0 Å². The molecule has 0 saturated carbocycles. The molecule has 0 aromatic rings. The highest BCUT2D eigenvalue weighted by atomic mass is 16.3. The average Bonchev–Trinajstić information content (AvgIpc) is 2.69. The van der Waals surface area contributed by atoms with E-state index in [0.29, 0.717) is 18.3 Å². The Morgan fingerprint density at radius 1 is 0.793 bits per heavy atom. The molecule has 2 heteroatoms. The lowest BCUT2D eigenvalue weighted by Crippen LogP contribution is -2.07. The Balaban J connectivity index is 3.62. The van der Waals surface area contributed by atoms with Crippen LogP contribution >= 0.6 is 0 Å². The third-order valence-corrected chi connectivity index (χ3v) is 6.19. The van der Waals surface area contributed by atoms with Gasteiger partial charge in [-0.15, -0.1) is 0 Å². The van der Waals surface area contributed by atoms with Crippen molar-refractivity contribution in [3.63, 3.8) is 0 Å². The van der Waals surface area contributed by atoms with Gasteiger partial charge in [0.1, 0.15) is 0 Å². The highest BCUT2D eigenvalue weighted by Crippen LogP contribution is 2.21. The summed E-state index contributed by atoms with van der Waals surface area (Å²) in [6, 6.07) is 0. The minimum absolute atomic E-state index is 0.0978. The summed E-state index contributed by atoms with van der Waals surface area (Å²) in [5.41, 5.74) is 0.923. The second kappa shape index (κ2) is 19.3. The molecule has 1 N–H and O–H groups in total. The lowest BCUT2D eigenvalue weighted by molar-refractivity contribution is -0.115. The molecule has 0 saturated heterocycles. The van der Waals surface area contributed by atoms with Gasteiger partial charge in [-0.05, 0) is 43.6 Å². The van der Waals surface area contributed by atoms with Gasteiger partial charge in [0.25, 0.3) is 0 Å². The smallest absolute Gasteiger partial charge is 0.157 e. The van der Waals surface area contributed by atoms with Gasteiger partial charge in [0.2, 0.25) is 0 Å². The normalized spacial score (nSPS) is 15.3. The van der Waals surface area contributed by atoms with Gasteiger partial charge >= 0.3 is 0 Å².